The number of hydrogen-bond donors (Lipinski definition) is 0. The van der Waals surface area contributed by atoms with Crippen LogP contribution in [0.1, 0.15) is 36.8 Å². The minimum Gasteiger partial charge on any atom is -0.241 e. The second-order valence-corrected chi connectivity index (χ2v) is 3.37. The number of alkyl halides is 3. The van der Waals surface area contributed by atoms with Gasteiger partial charge in [-0.3, -0.25) is 0 Å². The van der Waals surface area contributed by atoms with Crippen LogP contribution in [0.3, 0.4) is 0 Å². The van der Waals surface area contributed by atoms with Crippen molar-refractivity contribution >= 4 is 0 Å². The lowest BCUT2D eigenvalue weighted by Gasteiger charge is -2.13. The van der Waals surface area contributed by atoms with Crippen LogP contribution in [0.15, 0.2) is 6.20 Å². The molecule has 14 heavy (non-hydrogen) atoms. The van der Waals surface area contributed by atoms with Crippen LogP contribution >= 0.6 is 0 Å². The largest absolute Gasteiger partial charge is 0.419 e. The third-order valence-corrected chi connectivity index (χ3v) is 1.79. The van der Waals surface area contributed by atoms with Crippen molar-refractivity contribution in [2.45, 2.75) is 32.9 Å². The van der Waals surface area contributed by atoms with Crippen LogP contribution in [0.25, 0.3) is 0 Å². The third kappa shape index (κ3) is 2.21. The Balaban J connectivity index is 3.29. The van der Waals surface area contributed by atoms with Gasteiger partial charge in [0.1, 0.15) is 5.82 Å². The van der Waals surface area contributed by atoms with E-state index in [1.165, 1.54) is 0 Å². The van der Waals surface area contributed by atoms with Crippen LogP contribution in [0.5, 0.6) is 0 Å². The van der Waals surface area contributed by atoms with E-state index in [9.17, 15) is 13.2 Å². The van der Waals surface area contributed by atoms with Crippen LogP contribution in [-0.2, 0) is 6.18 Å². The maximum absolute atomic E-state index is 12.5. The van der Waals surface area contributed by atoms with Crippen molar-refractivity contribution in [3.05, 3.63) is 23.3 Å². The van der Waals surface area contributed by atoms with Gasteiger partial charge in [0, 0.05) is 6.20 Å². The number of hydrogen-bond acceptors (Lipinski definition) is 2. The van der Waals surface area contributed by atoms with Gasteiger partial charge in [-0.25, -0.2) is 9.97 Å². The molecule has 1 aromatic heterocycles. The molecule has 0 bridgehead atoms. The Morgan fingerprint density at radius 1 is 1.29 bits per heavy atom. The van der Waals surface area contributed by atoms with E-state index < -0.39 is 11.7 Å². The number of nitrogens with zero attached hydrogens (tertiary/aromatic N) is 2. The van der Waals surface area contributed by atoms with Gasteiger partial charge in [0.05, 0.1) is 11.3 Å². The fraction of sp³-hybridized carbons (Fsp3) is 0.556. The molecule has 1 rings (SSSR count). The summed E-state index contributed by atoms with van der Waals surface area (Å²) < 4.78 is 37.4. The van der Waals surface area contributed by atoms with Crippen LogP contribution in [-0.4, -0.2) is 9.97 Å². The number of aryl methyl sites for hydroxylation is 1. The lowest BCUT2D eigenvalue weighted by atomic mass is 10.1. The van der Waals surface area contributed by atoms with E-state index in [0.717, 1.165) is 6.20 Å². The van der Waals surface area contributed by atoms with E-state index in [1.54, 1.807) is 20.8 Å². The smallest absolute Gasteiger partial charge is 0.241 e. The van der Waals surface area contributed by atoms with Crippen LogP contribution < -0.4 is 0 Å². The topological polar surface area (TPSA) is 25.8 Å². The highest BCUT2D eigenvalue weighted by atomic mass is 19.4. The lowest BCUT2D eigenvalue weighted by molar-refractivity contribution is -0.138. The molecule has 0 saturated heterocycles. The number of halogens is 3. The summed E-state index contributed by atoms with van der Waals surface area (Å²) in [5, 5.41) is 0. The summed E-state index contributed by atoms with van der Waals surface area (Å²) in [5.41, 5.74) is -0.678. The zero-order valence-electron chi connectivity index (χ0n) is 8.18. The Kier molecular flexibility index (Phi) is 2.78. The van der Waals surface area contributed by atoms with Gasteiger partial charge < -0.3 is 0 Å². The van der Waals surface area contributed by atoms with Crippen LogP contribution in [0.2, 0.25) is 0 Å². The first kappa shape index (κ1) is 10.9. The number of rotatable bonds is 1. The minimum absolute atomic E-state index is 0.0602. The summed E-state index contributed by atoms with van der Waals surface area (Å²) in [6.07, 6.45) is -3.52. The molecule has 0 fully saturated rings. The standard InChI is InChI=1S/C9H11F3N2/c1-5(2)8-7(9(10,11)12)4-13-6(3)14-8/h4-5H,1-3H3. The van der Waals surface area contributed by atoms with Gasteiger partial charge in [-0.15, -0.1) is 0 Å². The molecule has 0 radical (unpaired) electrons. The first-order chi connectivity index (χ1) is 6.32. The highest BCUT2D eigenvalue weighted by molar-refractivity contribution is 5.23. The van der Waals surface area contributed by atoms with Gasteiger partial charge in [-0.05, 0) is 12.8 Å². The lowest BCUT2D eigenvalue weighted by Crippen LogP contribution is -2.13. The van der Waals surface area contributed by atoms with E-state index in [0.29, 0.717) is 5.82 Å². The molecule has 2 nitrogen and oxygen atoms in total. The quantitative estimate of drug-likeness (QED) is 0.702. The maximum Gasteiger partial charge on any atom is 0.419 e. The second-order valence-electron chi connectivity index (χ2n) is 3.37. The fourth-order valence-corrected chi connectivity index (χ4v) is 1.15. The van der Waals surface area contributed by atoms with E-state index in [4.69, 9.17) is 0 Å². The highest BCUT2D eigenvalue weighted by Crippen LogP contribution is 2.33. The SMILES string of the molecule is Cc1ncc(C(F)(F)F)c(C(C)C)n1. The third-order valence-electron chi connectivity index (χ3n) is 1.79. The van der Waals surface area contributed by atoms with Gasteiger partial charge in [-0.1, -0.05) is 13.8 Å². The molecular formula is C9H11F3N2. The molecule has 0 aliphatic heterocycles. The summed E-state index contributed by atoms with van der Waals surface area (Å²) in [6.45, 7) is 4.93. The second kappa shape index (κ2) is 3.55. The molecule has 1 heterocycles. The van der Waals surface area contributed by atoms with Crippen molar-refractivity contribution in [2.24, 2.45) is 0 Å². The molecule has 0 atom stereocenters. The van der Waals surface area contributed by atoms with Crippen molar-refractivity contribution in [3.8, 4) is 0 Å². The van der Waals surface area contributed by atoms with Crippen molar-refractivity contribution in [2.75, 3.05) is 0 Å². The van der Waals surface area contributed by atoms with E-state index in [-0.39, 0.29) is 11.6 Å². The maximum atomic E-state index is 12.5. The highest BCUT2D eigenvalue weighted by Gasteiger charge is 2.35. The zero-order valence-corrected chi connectivity index (χ0v) is 8.18. The molecule has 78 valence electrons. The van der Waals surface area contributed by atoms with Crippen LogP contribution in [0, 0.1) is 6.92 Å². The van der Waals surface area contributed by atoms with Gasteiger partial charge in [0.15, 0.2) is 0 Å². The van der Waals surface area contributed by atoms with Crippen molar-refractivity contribution in [1.82, 2.24) is 9.97 Å². The van der Waals surface area contributed by atoms with Gasteiger partial charge in [0.2, 0.25) is 0 Å². The molecule has 0 spiro atoms. The summed E-state index contributed by atoms with van der Waals surface area (Å²) in [5.74, 6) is 0.107. The molecule has 0 aromatic carbocycles. The molecule has 0 saturated carbocycles. The van der Waals surface area contributed by atoms with Gasteiger partial charge in [-0.2, -0.15) is 13.2 Å². The Bertz CT molecular complexity index is 331. The summed E-state index contributed by atoms with van der Waals surface area (Å²) in [4.78, 5) is 7.37. The molecule has 0 aliphatic carbocycles. The Hall–Kier alpha value is -1.13. The van der Waals surface area contributed by atoms with Crippen LogP contribution in [0.4, 0.5) is 13.2 Å². The normalized spacial score (nSPS) is 12.2. The molecule has 0 N–H and O–H groups in total. The zero-order chi connectivity index (χ0) is 10.9. The monoisotopic (exact) mass is 204 g/mol. The minimum atomic E-state index is -4.37. The van der Waals surface area contributed by atoms with E-state index in [2.05, 4.69) is 9.97 Å². The van der Waals surface area contributed by atoms with Gasteiger partial charge in [0.25, 0.3) is 0 Å². The predicted octanol–water partition coefficient (Wildman–Crippen LogP) is 2.93. The first-order valence-electron chi connectivity index (χ1n) is 4.23. The molecule has 0 unspecified atom stereocenters. The molecule has 0 amide bonds. The van der Waals surface area contributed by atoms with E-state index >= 15 is 0 Å². The Morgan fingerprint density at radius 3 is 2.29 bits per heavy atom. The number of aromatic nitrogens is 2. The predicted molar refractivity (Wildman–Crippen MR) is 45.9 cm³/mol. The summed E-state index contributed by atoms with van der Waals surface area (Å²) >= 11 is 0. The van der Waals surface area contributed by atoms with E-state index in [1.807, 2.05) is 0 Å². The van der Waals surface area contributed by atoms with Gasteiger partial charge >= 0.3 is 6.18 Å². The molecule has 0 aliphatic rings. The average molecular weight is 204 g/mol. The van der Waals surface area contributed by atoms with Crippen molar-refractivity contribution in [3.63, 3.8) is 0 Å². The molecule has 5 heteroatoms. The summed E-state index contributed by atoms with van der Waals surface area (Å²) in [7, 11) is 0. The molecule has 1 aromatic rings. The summed E-state index contributed by atoms with van der Waals surface area (Å²) in [6, 6.07) is 0. The average Bonchev–Trinajstić information content (AvgIpc) is 2.01. The van der Waals surface area contributed by atoms with Crippen molar-refractivity contribution < 1.29 is 13.2 Å². The Morgan fingerprint density at radius 2 is 1.86 bits per heavy atom. The fourth-order valence-electron chi connectivity index (χ4n) is 1.15. The molecular weight excluding hydrogens is 193 g/mol. The first-order valence-corrected chi connectivity index (χ1v) is 4.23. The Labute approximate surface area is 80.2 Å². The van der Waals surface area contributed by atoms with Crippen molar-refractivity contribution in [1.29, 1.82) is 0 Å².